The zero-order valence-electron chi connectivity index (χ0n) is 9.36. The van der Waals surface area contributed by atoms with Gasteiger partial charge in [0.1, 0.15) is 0 Å². The van der Waals surface area contributed by atoms with Crippen LogP contribution in [-0.4, -0.2) is 27.8 Å². The molecule has 2 rings (SSSR count). The molecular weight excluding hydrogens is 210 g/mol. The van der Waals surface area contributed by atoms with E-state index in [4.69, 9.17) is 9.63 Å². The first-order valence-electron chi connectivity index (χ1n) is 5.31. The second-order valence-electron chi connectivity index (χ2n) is 4.74. The Hall–Kier alpha value is -1.43. The van der Waals surface area contributed by atoms with Gasteiger partial charge in [-0.15, -0.1) is 0 Å². The zero-order valence-corrected chi connectivity index (χ0v) is 9.36. The molecule has 0 bridgehead atoms. The highest BCUT2D eigenvalue weighted by Crippen LogP contribution is 2.39. The lowest BCUT2D eigenvalue weighted by atomic mass is 9.77. The average Bonchev–Trinajstić information content (AvgIpc) is 2.65. The van der Waals surface area contributed by atoms with Crippen LogP contribution in [0.2, 0.25) is 0 Å². The van der Waals surface area contributed by atoms with E-state index in [0.29, 0.717) is 5.89 Å². The fourth-order valence-corrected chi connectivity index (χ4v) is 2.07. The Morgan fingerprint density at radius 1 is 1.62 bits per heavy atom. The molecule has 0 saturated carbocycles. The maximum atomic E-state index is 10.7. The third-order valence-electron chi connectivity index (χ3n) is 3.01. The van der Waals surface area contributed by atoms with Gasteiger partial charge >= 0.3 is 5.97 Å². The van der Waals surface area contributed by atoms with Crippen molar-refractivity contribution in [1.29, 1.82) is 0 Å². The number of carbonyl (C=O) groups is 1. The van der Waals surface area contributed by atoms with Gasteiger partial charge in [-0.25, -0.2) is 4.79 Å². The van der Waals surface area contributed by atoms with Gasteiger partial charge in [-0.1, -0.05) is 13.8 Å². The summed E-state index contributed by atoms with van der Waals surface area (Å²) >= 11 is 0. The minimum absolute atomic E-state index is 0.000552. The molecule has 1 unspecified atom stereocenters. The van der Waals surface area contributed by atoms with E-state index in [2.05, 4.69) is 29.3 Å². The number of carboxylic acids is 1. The van der Waals surface area contributed by atoms with Gasteiger partial charge in [0.25, 0.3) is 5.82 Å². The number of aromatic nitrogens is 2. The smallest absolute Gasteiger partial charge is 0.377 e. The van der Waals surface area contributed by atoms with Crippen molar-refractivity contribution in [2.45, 2.75) is 32.7 Å². The number of carboxylic acid groups (broad SMARTS) is 1. The molecule has 1 aliphatic heterocycles. The quantitative estimate of drug-likeness (QED) is 0.786. The molecule has 1 aromatic heterocycles. The van der Waals surface area contributed by atoms with Gasteiger partial charge in [0.05, 0.1) is 6.04 Å². The normalized spacial score (nSPS) is 24.2. The summed E-state index contributed by atoms with van der Waals surface area (Å²) in [4.78, 5) is 14.5. The first-order chi connectivity index (χ1) is 7.50. The summed E-state index contributed by atoms with van der Waals surface area (Å²) in [6, 6.07) is -0.0677. The third kappa shape index (κ3) is 1.92. The highest BCUT2D eigenvalue weighted by molar-refractivity contribution is 5.82. The molecule has 88 valence electrons. The third-order valence-corrected chi connectivity index (χ3v) is 3.01. The van der Waals surface area contributed by atoms with E-state index >= 15 is 0 Å². The minimum atomic E-state index is -1.16. The largest absolute Gasteiger partial charge is 0.475 e. The first kappa shape index (κ1) is 11.1. The fraction of sp³-hybridized carbons (Fsp3) is 0.700. The molecule has 6 heteroatoms. The zero-order chi connectivity index (χ0) is 11.8. The van der Waals surface area contributed by atoms with Crippen molar-refractivity contribution in [1.82, 2.24) is 15.5 Å². The van der Waals surface area contributed by atoms with E-state index in [1.165, 1.54) is 0 Å². The standard InChI is InChI=1S/C10H15N3O3/c1-10(2)4-3-5-11-6(10)8-12-7(9(14)15)13-16-8/h6,11H,3-5H2,1-2H3,(H,14,15). The molecule has 1 fully saturated rings. The number of piperidine rings is 1. The maximum absolute atomic E-state index is 10.7. The molecule has 1 saturated heterocycles. The van der Waals surface area contributed by atoms with E-state index in [9.17, 15) is 4.79 Å². The topological polar surface area (TPSA) is 88.2 Å². The van der Waals surface area contributed by atoms with Crippen molar-refractivity contribution < 1.29 is 14.4 Å². The van der Waals surface area contributed by atoms with Crippen LogP contribution in [0.15, 0.2) is 4.52 Å². The van der Waals surface area contributed by atoms with Gasteiger partial charge in [0.15, 0.2) is 0 Å². The molecule has 2 heterocycles. The number of rotatable bonds is 2. The number of aromatic carboxylic acids is 1. The molecule has 6 nitrogen and oxygen atoms in total. The van der Waals surface area contributed by atoms with Gasteiger partial charge in [-0.3, -0.25) is 0 Å². The molecule has 16 heavy (non-hydrogen) atoms. The van der Waals surface area contributed by atoms with E-state index in [1.807, 2.05) is 0 Å². The summed E-state index contributed by atoms with van der Waals surface area (Å²) in [5.74, 6) is -1.08. The van der Waals surface area contributed by atoms with Gasteiger partial charge < -0.3 is 14.9 Å². The van der Waals surface area contributed by atoms with Crippen LogP contribution in [0.5, 0.6) is 0 Å². The summed E-state index contributed by atoms with van der Waals surface area (Å²) in [6.45, 7) is 5.10. The average molecular weight is 225 g/mol. The van der Waals surface area contributed by atoms with E-state index in [0.717, 1.165) is 19.4 Å². The summed E-state index contributed by atoms with van der Waals surface area (Å²) in [6.07, 6.45) is 2.15. The van der Waals surface area contributed by atoms with Gasteiger partial charge in [0.2, 0.25) is 5.89 Å². The summed E-state index contributed by atoms with van der Waals surface area (Å²) < 4.78 is 5.00. The Morgan fingerprint density at radius 3 is 2.94 bits per heavy atom. The second kappa shape index (κ2) is 3.86. The Labute approximate surface area is 93.0 Å². The predicted octanol–water partition coefficient (Wildman–Crippen LogP) is 1.22. The van der Waals surface area contributed by atoms with Crippen LogP contribution >= 0.6 is 0 Å². The Morgan fingerprint density at radius 2 is 2.38 bits per heavy atom. The van der Waals surface area contributed by atoms with Crippen molar-refractivity contribution in [2.24, 2.45) is 5.41 Å². The summed E-state index contributed by atoms with van der Waals surface area (Å²) in [5, 5.41) is 15.4. The Bertz CT molecular complexity index is 400. The Kier molecular flexibility index (Phi) is 2.67. The van der Waals surface area contributed by atoms with Gasteiger partial charge in [-0.05, 0) is 30.0 Å². The van der Waals surface area contributed by atoms with E-state index < -0.39 is 5.97 Å². The molecular formula is C10H15N3O3. The van der Waals surface area contributed by atoms with Crippen molar-refractivity contribution >= 4 is 5.97 Å². The Balaban J connectivity index is 2.25. The molecule has 1 atom stereocenters. The SMILES string of the molecule is CC1(C)CCCNC1c1nc(C(=O)O)no1. The number of nitrogens with zero attached hydrogens (tertiary/aromatic N) is 2. The molecule has 0 amide bonds. The minimum Gasteiger partial charge on any atom is -0.475 e. The highest BCUT2D eigenvalue weighted by atomic mass is 16.5. The van der Waals surface area contributed by atoms with Crippen LogP contribution < -0.4 is 5.32 Å². The lowest BCUT2D eigenvalue weighted by Crippen LogP contribution is -2.39. The number of hydrogen-bond donors (Lipinski definition) is 2. The van der Waals surface area contributed by atoms with Crippen LogP contribution in [0.25, 0.3) is 0 Å². The fourth-order valence-electron chi connectivity index (χ4n) is 2.07. The van der Waals surface area contributed by atoms with Crippen LogP contribution in [0.1, 0.15) is 49.2 Å². The molecule has 0 aromatic carbocycles. The van der Waals surface area contributed by atoms with Crippen molar-refractivity contribution in [2.75, 3.05) is 6.54 Å². The van der Waals surface area contributed by atoms with Gasteiger partial charge in [-0.2, -0.15) is 4.98 Å². The molecule has 1 aliphatic rings. The van der Waals surface area contributed by atoms with Gasteiger partial charge in [0, 0.05) is 0 Å². The molecule has 0 spiro atoms. The lowest BCUT2D eigenvalue weighted by Gasteiger charge is -2.36. The highest BCUT2D eigenvalue weighted by Gasteiger charge is 2.37. The van der Waals surface area contributed by atoms with E-state index in [-0.39, 0.29) is 17.3 Å². The molecule has 0 radical (unpaired) electrons. The maximum Gasteiger partial charge on any atom is 0.377 e. The van der Waals surface area contributed by atoms with E-state index in [1.54, 1.807) is 0 Å². The van der Waals surface area contributed by atoms with Crippen LogP contribution in [-0.2, 0) is 0 Å². The van der Waals surface area contributed by atoms with Crippen molar-refractivity contribution in [3.8, 4) is 0 Å². The lowest BCUT2D eigenvalue weighted by molar-refractivity contribution is 0.0680. The van der Waals surface area contributed by atoms with Crippen LogP contribution in [0, 0.1) is 5.41 Å². The molecule has 1 aromatic rings. The van der Waals surface area contributed by atoms with Crippen LogP contribution in [0.3, 0.4) is 0 Å². The predicted molar refractivity (Wildman–Crippen MR) is 55.0 cm³/mol. The molecule has 2 N–H and O–H groups in total. The molecule has 0 aliphatic carbocycles. The number of nitrogens with one attached hydrogen (secondary N) is 1. The van der Waals surface area contributed by atoms with Crippen molar-refractivity contribution in [3.63, 3.8) is 0 Å². The number of hydrogen-bond acceptors (Lipinski definition) is 5. The first-order valence-corrected chi connectivity index (χ1v) is 5.31. The monoisotopic (exact) mass is 225 g/mol. The second-order valence-corrected chi connectivity index (χ2v) is 4.74. The summed E-state index contributed by atoms with van der Waals surface area (Å²) in [7, 11) is 0. The summed E-state index contributed by atoms with van der Waals surface area (Å²) in [5.41, 5.74) is 0.000552. The van der Waals surface area contributed by atoms with Crippen molar-refractivity contribution in [3.05, 3.63) is 11.7 Å². The van der Waals surface area contributed by atoms with Crippen LogP contribution in [0.4, 0.5) is 0 Å².